The van der Waals surface area contributed by atoms with E-state index in [0.717, 1.165) is 32.0 Å². The van der Waals surface area contributed by atoms with Crippen LogP contribution in [0.25, 0.3) is 10.2 Å². The molecule has 204 valence electrons. The Morgan fingerprint density at radius 3 is 2.40 bits per heavy atom. The van der Waals surface area contributed by atoms with Crippen molar-refractivity contribution in [3.8, 4) is 5.75 Å². The summed E-state index contributed by atoms with van der Waals surface area (Å²) < 4.78 is 34.6. The van der Waals surface area contributed by atoms with E-state index in [1.165, 1.54) is 23.1 Å². The van der Waals surface area contributed by atoms with Crippen molar-refractivity contribution in [2.45, 2.75) is 28.9 Å². The minimum Gasteiger partial charge on any atom is -0.494 e. The zero-order valence-electron chi connectivity index (χ0n) is 21.8. The molecule has 0 aliphatic rings. The Labute approximate surface area is 241 Å². The van der Waals surface area contributed by atoms with Gasteiger partial charge in [-0.3, -0.25) is 9.52 Å². The van der Waals surface area contributed by atoms with Gasteiger partial charge < -0.3 is 10.1 Å². The first-order valence-electron chi connectivity index (χ1n) is 12.6. The third-order valence-electron chi connectivity index (χ3n) is 5.93. The van der Waals surface area contributed by atoms with Crippen molar-refractivity contribution in [2.24, 2.45) is 0 Å². The van der Waals surface area contributed by atoms with E-state index >= 15 is 0 Å². The molecule has 1 amide bonds. The standard InChI is InChI=1S/C30H27N3O4S3/c1-3-37-23-13-18-26-27(19-23)39-30(31-26)32-29(34)28(21-7-5-4-6-8-21)38-24-14-11-22(12-15-24)33-40(35,36)25-16-9-20(2)10-17-25/h4-19,28,33H,3H2,1-2H3,(H,31,32,34). The van der Waals surface area contributed by atoms with Gasteiger partial charge in [0.25, 0.3) is 10.0 Å². The maximum absolute atomic E-state index is 13.5. The molecule has 1 unspecified atom stereocenters. The third-order valence-corrected chi connectivity index (χ3v) is 9.53. The SMILES string of the molecule is CCOc1ccc2nc(NC(=O)C(Sc3ccc(NS(=O)(=O)c4ccc(C)cc4)cc3)c3ccccc3)sc2c1. The first kappa shape index (κ1) is 27.7. The Balaban J connectivity index is 1.33. The van der Waals surface area contributed by atoms with Gasteiger partial charge in [0, 0.05) is 10.6 Å². The summed E-state index contributed by atoms with van der Waals surface area (Å²) in [5.41, 5.74) is 3.05. The molecule has 0 radical (unpaired) electrons. The number of sulfonamides is 1. The lowest BCUT2D eigenvalue weighted by molar-refractivity contribution is -0.115. The number of hydrogen-bond acceptors (Lipinski definition) is 7. The normalized spacial score (nSPS) is 12.2. The molecule has 0 aliphatic carbocycles. The van der Waals surface area contributed by atoms with Gasteiger partial charge in [0.05, 0.1) is 21.7 Å². The third kappa shape index (κ3) is 6.64. The first-order chi connectivity index (χ1) is 19.3. The number of carbonyl (C=O) groups excluding carboxylic acids is 1. The first-order valence-corrected chi connectivity index (χ1v) is 15.7. The molecule has 1 heterocycles. The van der Waals surface area contributed by atoms with E-state index in [1.54, 1.807) is 48.5 Å². The average Bonchev–Trinajstić information content (AvgIpc) is 3.35. The maximum Gasteiger partial charge on any atom is 0.261 e. The highest BCUT2D eigenvalue weighted by atomic mass is 32.2. The smallest absolute Gasteiger partial charge is 0.261 e. The number of anilines is 2. The fourth-order valence-electron chi connectivity index (χ4n) is 3.96. The van der Waals surface area contributed by atoms with Crippen molar-refractivity contribution >= 4 is 60.1 Å². The molecule has 0 fully saturated rings. The monoisotopic (exact) mass is 589 g/mol. The van der Waals surface area contributed by atoms with Crippen molar-refractivity contribution in [1.29, 1.82) is 0 Å². The Kier molecular flexibility index (Phi) is 8.39. The molecule has 5 aromatic rings. The number of thiazole rings is 1. The van der Waals surface area contributed by atoms with Gasteiger partial charge in [-0.15, -0.1) is 11.8 Å². The quantitative estimate of drug-likeness (QED) is 0.166. The van der Waals surface area contributed by atoms with E-state index < -0.39 is 15.3 Å². The average molecular weight is 590 g/mol. The number of nitrogens with one attached hydrogen (secondary N) is 2. The number of ether oxygens (including phenoxy) is 1. The number of thioether (sulfide) groups is 1. The van der Waals surface area contributed by atoms with Crippen molar-refractivity contribution < 1.29 is 17.9 Å². The van der Waals surface area contributed by atoms with E-state index in [9.17, 15) is 13.2 Å². The van der Waals surface area contributed by atoms with Crippen molar-refractivity contribution in [1.82, 2.24) is 4.98 Å². The number of benzene rings is 4. The van der Waals surface area contributed by atoms with Gasteiger partial charge in [0.15, 0.2) is 5.13 Å². The minimum absolute atomic E-state index is 0.196. The molecule has 0 bridgehead atoms. The van der Waals surface area contributed by atoms with Gasteiger partial charge in [0.1, 0.15) is 11.0 Å². The predicted molar refractivity (Wildman–Crippen MR) is 163 cm³/mol. The van der Waals surface area contributed by atoms with Crippen LogP contribution in [0.3, 0.4) is 0 Å². The summed E-state index contributed by atoms with van der Waals surface area (Å²) in [7, 11) is -3.71. The van der Waals surface area contributed by atoms with Crippen LogP contribution in [-0.4, -0.2) is 25.9 Å². The van der Waals surface area contributed by atoms with Crippen LogP contribution in [0.5, 0.6) is 5.75 Å². The van der Waals surface area contributed by atoms with Crippen LogP contribution in [0, 0.1) is 6.92 Å². The summed E-state index contributed by atoms with van der Waals surface area (Å²) in [5.74, 6) is 0.559. The van der Waals surface area contributed by atoms with Gasteiger partial charge in [-0.25, -0.2) is 13.4 Å². The number of aryl methyl sites for hydroxylation is 1. The number of fused-ring (bicyclic) bond motifs is 1. The molecule has 5 rings (SSSR count). The molecular weight excluding hydrogens is 563 g/mol. The Hall–Kier alpha value is -3.86. The van der Waals surface area contributed by atoms with E-state index in [0.29, 0.717) is 17.4 Å². The van der Waals surface area contributed by atoms with Gasteiger partial charge in [-0.1, -0.05) is 59.4 Å². The van der Waals surface area contributed by atoms with Crippen LogP contribution in [0.4, 0.5) is 10.8 Å². The number of amides is 1. The molecule has 0 aliphatic heterocycles. The molecule has 0 saturated heterocycles. The second-order valence-corrected chi connectivity index (χ2v) is 12.8. The van der Waals surface area contributed by atoms with E-state index in [2.05, 4.69) is 15.0 Å². The fourth-order valence-corrected chi connectivity index (χ4v) is 6.94. The summed E-state index contributed by atoms with van der Waals surface area (Å²) >= 11 is 2.77. The van der Waals surface area contributed by atoms with Gasteiger partial charge >= 0.3 is 0 Å². The fraction of sp³-hybridized carbons (Fsp3) is 0.133. The van der Waals surface area contributed by atoms with Crippen LogP contribution >= 0.6 is 23.1 Å². The van der Waals surface area contributed by atoms with Crippen LogP contribution in [-0.2, 0) is 14.8 Å². The highest BCUT2D eigenvalue weighted by Crippen LogP contribution is 2.38. The highest BCUT2D eigenvalue weighted by Gasteiger charge is 2.23. The molecule has 7 nitrogen and oxygen atoms in total. The van der Waals surface area contributed by atoms with E-state index in [-0.39, 0.29) is 10.8 Å². The highest BCUT2D eigenvalue weighted by molar-refractivity contribution is 8.00. The van der Waals surface area contributed by atoms with Crippen LogP contribution < -0.4 is 14.8 Å². The summed E-state index contributed by atoms with van der Waals surface area (Å²) in [5, 5.41) is 2.94. The number of rotatable bonds is 10. The van der Waals surface area contributed by atoms with Crippen molar-refractivity contribution in [3.05, 3.63) is 108 Å². The maximum atomic E-state index is 13.5. The lowest BCUT2D eigenvalue weighted by Crippen LogP contribution is -2.18. The zero-order chi connectivity index (χ0) is 28.1. The second-order valence-electron chi connectivity index (χ2n) is 8.92. The second kappa shape index (κ2) is 12.1. The largest absolute Gasteiger partial charge is 0.494 e. The summed E-state index contributed by atoms with van der Waals surface area (Å²) in [6, 6.07) is 28.8. The summed E-state index contributed by atoms with van der Waals surface area (Å²) in [6.45, 7) is 4.41. The molecule has 2 N–H and O–H groups in total. The molecule has 4 aromatic carbocycles. The van der Waals surface area contributed by atoms with Crippen LogP contribution in [0.2, 0.25) is 0 Å². The summed E-state index contributed by atoms with van der Waals surface area (Å²) in [4.78, 5) is 19.1. The van der Waals surface area contributed by atoms with Crippen molar-refractivity contribution in [2.75, 3.05) is 16.6 Å². The Morgan fingerprint density at radius 2 is 1.70 bits per heavy atom. The van der Waals surface area contributed by atoms with Crippen molar-refractivity contribution in [3.63, 3.8) is 0 Å². The van der Waals surface area contributed by atoms with Gasteiger partial charge in [-0.05, 0) is 74.0 Å². The number of aromatic nitrogens is 1. The number of hydrogen-bond donors (Lipinski definition) is 2. The molecule has 1 aromatic heterocycles. The molecule has 1 atom stereocenters. The molecule has 10 heteroatoms. The summed E-state index contributed by atoms with van der Waals surface area (Å²) in [6.07, 6.45) is 0. The van der Waals surface area contributed by atoms with E-state index in [4.69, 9.17) is 4.74 Å². The minimum atomic E-state index is -3.71. The Bertz CT molecular complexity index is 1720. The predicted octanol–water partition coefficient (Wildman–Crippen LogP) is 7.28. The lowest BCUT2D eigenvalue weighted by atomic mass is 10.1. The number of carbonyl (C=O) groups is 1. The zero-order valence-corrected chi connectivity index (χ0v) is 24.3. The molecular formula is C30H27N3O4S3. The van der Waals surface area contributed by atoms with Gasteiger partial charge in [-0.2, -0.15) is 0 Å². The Morgan fingerprint density at radius 1 is 0.975 bits per heavy atom. The van der Waals surface area contributed by atoms with E-state index in [1.807, 2.05) is 62.4 Å². The van der Waals surface area contributed by atoms with Crippen LogP contribution in [0.15, 0.2) is 107 Å². The molecule has 40 heavy (non-hydrogen) atoms. The number of nitrogens with zero attached hydrogens (tertiary/aromatic N) is 1. The molecule has 0 saturated carbocycles. The molecule has 0 spiro atoms. The lowest BCUT2D eigenvalue weighted by Gasteiger charge is -2.16. The van der Waals surface area contributed by atoms with Crippen LogP contribution in [0.1, 0.15) is 23.3 Å². The van der Waals surface area contributed by atoms with Gasteiger partial charge in [0.2, 0.25) is 5.91 Å². The topological polar surface area (TPSA) is 97.4 Å².